The first-order valence-corrected chi connectivity index (χ1v) is 9.42. The fourth-order valence-electron chi connectivity index (χ4n) is 2.38. The Kier molecular flexibility index (Phi) is 12.0. The van der Waals surface area contributed by atoms with Gasteiger partial charge in [-0.05, 0) is 36.2 Å². The molecule has 0 aliphatic rings. The highest BCUT2D eigenvalue weighted by molar-refractivity contribution is 14.0. The van der Waals surface area contributed by atoms with Gasteiger partial charge in [-0.1, -0.05) is 15.9 Å². The Morgan fingerprint density at radius 3 is 2.57 bits per heavy atom. The van der Waals surface area contributed by atoms with Crippen LogP contribution < -0.4 is 20.1 Å². The lowest BCUT2D eigenvalue weighted by molar-refractivity contribution is 0.105. The molecule has 2 aromatic rings. The lowest BCUT2D eigenvalue weighted by atomic mass is 10.2. The molecule has 28 heavy (non-hydrogen) atoms. The zero-order valence-electron chi connectivity index (χ0n) is 16.3. The van der Waals surface area contributed by atoms with E-state index < -0.39 is 0 Å². The molecule has 0 aliphatic carbocycles. The van der Waals surface area contributed by atoms with E-state index in [2.05, 4.69) is 31.6 Å². The van der Waals surface area contributed by atoms with Crippen LogP contribution >= 0.6 is 39.9 Å². The second-order valence-corrected chi connectivity index (χ2v) is 6.49. The lowest BCUT2D eigenvalue weighted by Crippen LogP contribution is -2.37. The first kappa shape index (κ1) is 24.6. The maximum absolute atomic E-state index is 5.56. The average molecular weight is 568 g/mol. The number of nitrogens with zero attached hydrogens (tertiary/aromatic N) is 1. The van der Waals surface area contributed by atoms with Gasteiger partial charge in [-0.25, -0.2) is 0 Å². The summed E-state index contributed by atoms with van der Waals surface area (Å²) < 4.78 is 22.4. The molecular formula is C19H27BrIN3O4. The summed E-state index contributed by atoms with van der Waals surface area (Å²) in [6.45, 7) is 2.49. The van der Waals surface area contributed by atoms with Crippen molar-refractivity contribution in [2.75, 3.05) is 34.4 Å². The molecule has 0 spiro atoms. The normalized spacial score (nSPS) is 10.9. The van der Waals surface area contributed by atoms with Crippen molar-refractivity contribution in [2.45, 2.75) is 19.6 Å². The van der Waals surface area contributed by atoms with Crippen LogP contribution in [0.5, 0.6) is 11.5 Å². The number of furan rings is 1. The molecule has 0 aliphatic heterocycles. The van der Waals surface area contributed by atoms with Gasteiger partial charge in [-0.3, -0.25) is 4.99 Å². The van der Waals surface area contributed by atoms with Crippen molar-refractivity contribution in [1.82, 2.24) is 10.6 Å². The van der Waals surface area contributed by atoms with Crippen molar-refractivity contribution in [2.24, 2.45) is 4.99 Å². The fourth-order valence-corrected chi connectivity index (χ4v) is 2.84. The molecule has 0 amide bonds. The van der Waals surface area contributed by atoms with Crippen LogP contribution in [0.3, 0.4) is 0 Å². The minimum atomic E-state index is 0. The summed E-state index contributed by atoms with van der Waals surface area (Å²) in [6, 6.07) is 7.58. The smallest absolute Gasteiger partial charge is 0.191 e. The van der Waals surface area contributed by atoms with E-state index in [1.807, 2.05) is 24.3 Å². The summed E-state index contributed by atoms with van der Waals surface area (Å²) in [5.74, 6) is 2.93. The molecule has 0 fully saturated rings. The number of aliphatic imine (C=N–C) groups is 1. The third-order valence-corrected chi connectivity index (χ3v) is 4.54. The number of rotatable bonds is 10. The fraction of sp³-hybridized carbons (Fsp3) is 0.421. The first-order valence-electron chi connectivity index (χ1n) is 8.63. The van der Waals surface area contributed by atoms with Gasteiger partial charge in [0.1, 0.15) is 12.4 Å². The molecule has 0 atom stereocenters. The third-order valence-electron chi connectivity index (χ3n) is 3.80. The number of halogens is 2. The highest BCUT2D eigenvalue weighted by Gasteiger charge is 2.10. The van der Waals surface area contributed by atoms with Gasteiger partial charge in [-0.2, -0.15) is 0 Å². The van der Waals surface area contributed by atoms with Crippen molar-refractivity contribution >= 4 is 45.9 Å². The Morgan fingerprint density at radius 2 is 1.93 bits per heavy atom. The molecule has 156 valence electrons. The quantitative estimate of drug-likeness (QED) is 0.196. The van der Waals surface area contributed by atoms with Crippen LogP contribution in [0.2, 0.25) is 0 Å². The summed E-state index contributed by atoms with van der Waals surface area (Å²) in [7, 11) is 4.98. The maximum atomic E-state index is 5.56. The van der Waals surface area contributed by atoms with Gasteiger partial charge < -0.3 is 29.3 Å². The molecule has 0 radical (unpaired) electrons. The van der Waals surface area contributed by atoms with Crippen LogP contribution in [0.1, 0.15) is 17.7 Å². The molecule has 0 bridgehead atoms. The zero-order chi connectivity index (χ0) is 19.5. The molecule has 0 saturated carbocycles. The number of ether oxygens (including phenoxy) is 3. The summed E-state index contributed by atoms with van der Waals surface area (Å²) in [6.07, 6.45) is 2.51. The summed E-state index contributed by atoms with van der Waals surface area (Å²) >= 11 is 3.56. The predicted octanol–water partition coefficient (Wildman–Crippen LogP) is 3.95. The number of guanidine groups is 1. The van der Waals surface area contributed by atoms with Gasteiger partial charge in [-0.15, -0.1) is 24.0 Å². The first-order chi connectivity index (χ1) is 13.2. The second kappa shape index (κ2) is 13.7. The molecule has 0 unspecified atom stereocenters. The standard InChI is InChI=1S/C19H26BrN3O4.HI/c1-21-19(22-7-5-8-26-13-15-6-4-9-27-15)23-12-14-10-17(24-2)18(25-3)11-16(14)20;/h4,6,9-11H,5,7-8,12-13H2,1-3H3,(H2,21,22,23);1H. The molecule has 1 aromatic heterocycles. The van der Waals surface area contributed by atoms with Gasteiger partial charge in [0.2, 0.25) is 0 Å². The van der Waals surface area contributed by atoms with Crippen molar-refractivity contribution < 1.29 is 18.6 Å². The maximum Gasteiger partial charge on any atom is 0.191 e. The monoisotopic (exact) mass is 567 g/mol. The van der Waals surface area contributed by atoms with Crippen LogP contribution in [0.4, 0.5) is 0 Å². The van der Waals surface area contributed by atoms with E-state index in [-0.39, 0.29) is 24.0 Å². The Balaban J connectivity index is 0.00000392. The highest BCUT2D eigenvalue weighted by Crippen LogP contribution is 2.33. The molecule has 9 heteroatoms. The molecular weight excluding hydrogens is 541 g/mol. The Hall–Kier alpha value is -1.46. The molecule has 1 aromatic carbocycles. The lowest BCUT2D eigenvalue weighted by Gasteiger charge is -2.15. The van der Waals surface area contributed by atoms with E-state index in [9.17, 15) is 0 Å². The average Bonchev–Trinajstić information content (AvgIpc) is 3.20. The minimum Gasteiger partial charge on any atom is -0.493 e. The van der Waals surface area contributed by atoms with Crippen molar-refractivity contribution in [3.8, 4) is 11.5 Å². The second-order valence-electron chi connectivity index (χ2n) is 5.64. The van der Waals surface area contributed by atoms with Gasteiger partial charge in [0, 0.05) is 31.2 Å². The number of hydrogen-bond donors (Lipinski definition) is 2. The molecule has 7 nitrogen and oxygen atoms in total. The van der Waals surface area contributed by atoms with E-state index >= 15 is 0 Å². The van der Waals surface area contributed by atoms with E-state index in [1.54, 1.807) is 27.5 Å². The number of nitrogens with one attached hydrogen (secondary N) is 2. The number of hydrogen-bond acceptors (Lipinski definition) is 5. The SMILES string of the molecule is CN=C(NCCCOCc1ccco1)NCc1cc(OC)c(OC)cc1Br.I. The van der Waals surface area contributed by atoms with Gasteiger partial charge >= 0.3 is 0 Å². The van der Waals surface area contributed by atoms with E-state index in [0.29, 0.717) is 31.3 Å². The molecule has 2 rings (SSSR count). The zero-order valence-corrected chi connectivity index (χ0v) is 20.2. The van der Waals surface area contributed by atoms with Crippen molar-refractivity contribution in [3.05, 3.63) is 46.3 Å². The summed E-state index contributed by atoms with van der Waals surface area (Å²) in [5, 5.41) is 6.55. The van der Waals surface area contributed by atoms with Gasteiger partial charge in [0.25, 0.3) is 0 Å². The van der Waals surface area contributed by atoms with Crippen LogP contribution in [-0.2, 0) is 17.9 Å². The van der Waals surface area contributed by atoms with Crippen LogP contribution in [0, 0.1) is 0 Å². The van der Waals surface area contributed by atoms with Crippen molar-refractivity contribution in [1.29, 1.82) is 0 Å². The molecule has 2 N–H and O–H groups in total. The van der Waals surface area contributed by atoms with Gasteiger partial charge in [0.15, 0.2) is 17.5 Å². The highest BCUT2D eigenvalue weighted by atomic mass is 127. The summed E-state index contributed by atoms with van der Waals surface area (Å²) in [4.78, 5) is 4.23. The van der Waals surface area contributed by atoms with Crippen LogP contribution in [0.25, 0.3) is 0 Å². The van der Waals surface area contributed by atoms with E-state index in [4.69, 9.17) is 18.6 Å². The van der Waals surface area contributed by atoms with Crippen molar-refractivity contribution in [3.63, 3.8) is 0 Å². The summed E-state index contributed by atoms with van der Waals surface area (Å²) in [5.41, 5.74) is 1.04. The van der Waals surface area contributed by atoms with Crippen LogP contribution in [-0.4, -0.2) is 40.4 Å². The minimum absolute atomic E-state index is 0. The third kappa shape index (κ3) is 7.88. The molecule has 0 saturated heterocycles. The van der Waals surface area contributed by atoms with Gasteiger partial charge in [0.05, 0.1) is 20.5 Å². The largest absolute Gasteiger partial charge is 0.493 e. The van der Waals surface area contributed by atoms with Crippen LogP contribution in [0.15, 0.2) is 44.4 Å². The Morgan fingerprint density at radius 1 is 1.18 bits per heavy atom. The number of benzene rings is 1. The predicted molar refractivity (Wildman–Crippen MR) is 124 cm³/mol. The Labute approximate surface area is 191 Å². The van der Waals surface area contributed by atoms with E-state index in [1.165, 1.54) is 0 Å². The number of methoxy groups -OCH3 is 2. The topological polar surface area (TPSA) is 77.3 Å². The van der Waals surface area contributed by atoms with E-state index in [0.717, 1.165) is 34.7 Å². The molecule has 1 heterocycles. The Bertz CT molecular complexity index is 726.